The van der Waals surface area contributed by atoms with Crippen LogP contribution in [0.15, 0.2) is 231 Å². The van der Waals surface area contributed by atoms with Crippen LogP contribution in [0.2, 0.25) is 0 Å². The zero-order valence-corrected chi connectivity index (χ0v) is 76.9. The number of sulfone groups is 1. The predicted octanol–water partition coefficient (Wildman–Crippen LogP) is 11.8. The molecule has 0 spiro atoms. The number of hydrogen-bond donors (Lipinski definition) is 19. The summed E-state index contributed by atoms with van der Waals surface area (Å²) in [5, 5.41) is 110. The minimum absolute atomic E-state index is 0.00660. The van der Waals surface area contributed by atoms with Gasteiger partial charge in [0, 0.05) is 116 Å². The number of phenolic OH excluding ortho intramolecular Hbond substituents is 3. The number of aliphatic carboxylic acids is 4. The highest BCUT2D eigenvalue weighted by Crippen LogP contribution is 2.30. The molecule has 0 atom stereocenters. The third kappa shape index (κ3) is 43.4. The molecule has 0 aliphatic carbocycles. The van der Waals surface area contributed by atoms with Crippen molar-refractivity contribution in [3.63, 3.8) is 0 Å². The molecule has 0 aliphatic heterocycles. The van der Waals surface area contributed by atoms with Gasteiger partial charge in [0.2, 0.25) is 35.4 Å². The molecule has 0 bridgehead atoms. The summed E-state index contributed by atoms with van der Waals surface area (Å²) in [6, 6.07) is 57.6. The summed E-state index contributed by atoms with van der Waals surface area (Å²) in [5.41, 5.74) is 14.9. The predicted molar refractivity (Wildman–Crippen MR) is 512 cm³/mol. The van der Waals surface area contributed by atoms with Gasteiger partial charge in [-0.3, -0.25) is 84.0 Å². The molecule has 0 saturated heterocycles. The number of aromatic hydroxyl groups is 5. The molecule has 10 aromatic rings. The summed E-state index contributed by atoms with van der Waals surface area (Å²) in [5.74, 6) is -9.26. The minimum Gasteiger partial charge on any atom is -0.507 e. The van der Waals surface area contributed by atoms with E-state index in [-0.39, 0.29) is 138 Å². The number of para-hydroxylation sites is 3. The van der Waals surface area contributed by atoms with Crippen molar-refractivity contribution in [2.45, 2.75) is 89.9 Å². The van der Waals surface area contributed by atoms with E-state index in [0.717, 1.165) is 57.6 Å². The number of ether oxygens (including phenoxy) is 4. The van der Waals surface area contributed by atoms with E-state index in [0.29, 0.717) is 65.6 Å². The van der Waals surface area contributed by atoms with E-state index < -0.39 is 92.6 Å². The zero-order chi connectivity index (χ0) is 103. The Balaban J connectivity index is 0.000000298. The van der Waals surface area contributed by atoms with Crippen LogP contribution in [0.5, 0.6) is 51.7 Å². The fourth-order valence-corrected chi connectivity index (χ4v) is 12.3. The third-order valence-electron chi connectivity index (χ3n) is 18.9. The molecule has 0 saturated carbocycles. The molecule has 0 radical (unpaired) electrons. The Morgan fingerprint density at radius 2 is 0.671 bits per heavy atom. The number of carbonyl (C=O) groups is 15. The van der Waals surface area contributed by atoms with Crippen LogP contribution in [0.4, 0.5) is 22.7 Å². The Hall–Kier alpha value is -17.9. The molecule has 40 nitrogen and oxygen atoms in total. The van der Waals surface area contributed by atoms with Crippen LogP contribution in [0.3, 0.4) is 0 Å². The Morgan fingerprint density at radius 1 is 0.314 bits per heavy atom. The first kappa shape index (κ1) is 113. The number of Topliss-reactive ketones (excluding diaryl/α,β-unsaturated/α-hetero) is 1. The number of aryl methyl sites for hydroxylation is 3. The first-order valence-corrected chi connectivity index (χ1v) is 44.1. The molecule has 0 aliphatic rings. The van der Waals surface area contributed by atoms with Gasteiger partial charge in [-0.25, -0.2) is 18.0 Å². The third-order valence-corrected chi connectivity index (χ3v) is 19.8. The lowest BCUT2D eigenvalue weighted by Gasteiger charge is -2.08. The van der Waals surface area contributed by atoms with E-state index in [1.54, 1.807) is 156 Å². The summed E-state index contributed by atoms with van der Waals surface area (Å²) in [4.78, 5) is 169. The molecular formula is C99H104N8O32S. The van der Waals surface area contributed by atoms with Gasteiger partial charge >= 0.3 is 35.8 Å². The number of ketones is 1. The maximum absolute atomic E-state index is 12.1. The quantitative estimate of drug-likeness (QED) is 0.00966. The largest absolute Gasteiger partial charge is 0.507 e. The normalized spacial score (nSPS) is 10.3. The number of methoxy groups -OCH3 is 4. The monoisotopic (exact) mass is 1950 g/mol. The van der Waals surface area contributed by atoms with E-state index >= 15 is 0 Å². The number of carboxylic acid groups (broad SMARTS) is 6. The van der Waals surface area contributed by atoms with Gasteiger partial charge in [0.25, 0.3) is 11.8 Å². The molecule has 140 heavy (non-hydrogen) atoms. The molecular weight excluding hydrogens is 1850 g/mol. The first-order chi connectivity index (χ1) is 66.5. The minimum atomic E-state index is -2.97. The smallest absolute Gasteiger partial charge is 0.339 e. The Labute approximate surface area is 801 Å². The number of aromatic carboxylic acids is 2. The van der Waals surface area contributed by atoms with Crippen LogP contribution in [-0.4, -0.2) is 194 Å². The summed E-state index contributed by atoms with van der Waals surface area (Å²) in [6.07, 6.45) is 9.11. The van der Waals surface area contributed by atoms with Crippen molar-refractivity contribution in [3.05, 3.63) is 292 Å². The summed E-state index contributed by atoms with van der Waals surface area (Å²) in [7, 11) is 3.30. The van der Waals surface area contributed by atoms with Crippen LogP contribution in [0.25, 0.3) is 12.2 Å². The van der Waals surface area contributed by atoms with Crippen molar-refractivity contribution in [1.29, 1.82) is 0 Å². The highest BCUT2D eigenvalue weighted by Gasteiger charge is 2.19. The molecule has 41 heteroatoms. The highest BCUT2D eigenvalue weighted by atomic mass is 32.2. The lowest BCUT2D eigenvalue weighted by atomic mass is 10.0. The lowest BCUT2D eigenvalue weighted by Crippen LogP contribution is -2.41. The van der Waals surface area contributed by atoms with Crippen molar-refractivity contribution < 1.29 is 155 Å². The average Bonchev–Trinajstić information content (AvgIpc) is 0.873. The van der Waals surface area contributed by atoms with Gasteiger partial charge in [-0.15, -0.1) is 0 Å². The van der Waals surface area contributed by atoms with E-state index in [1.807, 2.05) is 36.4 Å². The Kier molecular flexibility index (Phi) is 47.4. The van der Waals surface area contributed by atoms with E-state index in [4.69, 9.17) is 49.6 Å². The highest BCUT2D eigenvalue weighted by molar-refractivity contribution is 7.90. The molecule has 0 unspecified atom stereocenters. The van der Waals surface area contributed by atoms with Gasteiger partial charge in [0.15, 0.2) is 5.78 Å². The fraction of sp³-hybridized carbons (Fsp3) is 0.202. The SMILES string of the molecule is COc1ccc(OC)c(/C=C/C(=O)Nc2ccc(CCC(=O)O)cc2)c1.COc1ccc(OC)c(/C=C/C(=O)Nc2ccc(CCCC(=O)O)cc2)c1.CS(=O)(=O)CCc1ccc(CC(=O)c2ccccc2O)cc1.O=C(CCC(=O)Nc1ccc(C(=O)O)c(O)c1)Nc1ccc(C(=O)O)c(O)c1.O=C(O)CCC(=O)NNC(=O)c1ccccc1O.O=C(O)CCCC(=O)NNC(=O)c1ccccc1O. The lowest BCUT2D eigenvalue weighted by molar-refractivity contribution is -0.139. The Morgan fingerprint density at radius 3 is 1.05 bits per heavy atom. The molecule has 0 fully saturated rings. The number of hydrazine groups is 2. The molecule has 0 heterocycles. The first-order valence-electron chi connectivity index (χ1n) is 42.1. The van der Waals surface area contributed by atoms with E-state index in [1.165, 1.54) is 60.9 Å². The standard InChI is InChI=1S/C21H23NO5.C20H21NO5.C18H16N2O8.C17H18O4S.C12H14N2O5.C11H12N2O5/c1-26-18-11-12-19(27-2)16(14-18)8-13-20(23)22-17-9-6-15(7-10-17)4-3-5-21(24)25;1-25-17-9-10-18(26-2)15(13-17)6-11-19(22)21-16-7-3-14(4-8-16)5-12-20(23)24;21-13-7-9(1-3-11(13)17(25)26)19-15(23)5-6-16(24)20-10-2-4-12(18(27)28)14(22)8-10;1-22(20,21)11-10-13-6-8-14(9-7-13)12-17(19)15-4-2-3-5-16(15)18;15-9-5-2-1-4-8(9)12(19)14-13-10(16)6-3-7-11(17)18;14-8-4-2-1-3-7(8)11(18)13-12-9(15)5-6-10(16)17/h6-14H,3-5H2,1-2H3,(H,22,23)(H,24,25);3-4,6-11,13H,5,12H2,1-2H3,(H,21,22)(H,23,24);1-4,7-8,21-22H,5-6H2,(H,19,23)(H,20,24)(H,25,26)(H,27,28);2-9,18H,10-12H2,1H3;1-2,4-5,15H,3,6-7H2,(H,13,16)(H,14,19)(H,17,18);1-4,14H,5-6H2,(H,12,15)(H,13,18)(H,16,17)/b13-8+;11-6+;;;;. The second-order valence-electron chi connectivity index (χ2n) is 29.6. The number of rotatable bonds is 39. The van der Waals surface area contributed by atoms with Gasteiger partial charge in [0.1, 0.15) is 72.7 Å². The van der Waals surface area contributed by atoms with Gasteiger partial charge in [-0.1, -0.05) is 84.9 Å². The van der Waals surface area contributed by atoms with Gasteiger partial charge in [-0.05, 0) is 188 Å². The van der Waals surface area contributed by atoms with Crippen LogP contribution >= 0.6 is 0 Å². The topological polar surface area (TPSA) is 646 Å². The molecule has 10 rings (SSSR count). The van der Waals surface area contributed by atoms with E-state index in [2.05, 4.69) is 43.0 Å². The number of carbonyl (C=O) groups excluding carboxylic acids is 9. The summed E-state index contributed by atoms with van der Waals surface area (Å²) < 4.78 is 43.2. The van der Waals surface area contributed by atoms with Crippen molar-refractivity contribution in [2.24, 2.45) is 0 Å². The number of hydrogen-bond acceptors (Lipinski definition) is 26. The van der Waals surface area contributed by atoms with Gasteiger partial charge in [-0.2, -0.15) is 0 Å². The number of benzene rings is 10. The van der Waals surface area contributed by atoms with Crippen molar-refractivity contribution >= 4 is 134 Å². The summed E-state index contributed by atoms with van der Waals surface area (Å²) >= 11 is 0. The molecule has 738 valence electrons. The molecule has 0 aromatic heterocycles. The van der Waals surface area contributed by atoms with Crippen LogP contribution in [0, 0.1) is 0 Å². The number of nitrogens with one attached hydrogen (secondary N) is 8. The molecule has 8 amide bonds. The maximum atomic E-state index is 12.1. The zero-order valence-electron chi connectivity index (χ0n) is 76.1. The van der Waals surface area contributed by atoms with Crippen LogP contribution < -0.4 is 61.9 Å². The van der Waals surface area contributed by atoms with Crippen molar-refractivity contribution in [3.8, 4) is 51.7 Å². The van der Waals surface area contributed by atoms with E-state index in [9.17, 15) is 106 Å². The second-order valence-corrected chi connectivity index (χ2v) is 31.8. The second kappa shape index (κ2) is 59.0. The number of anilines is 4. The van der Waals surface area contributed by atoms with Crippen LogP contribution in [0.1, 0.15) is 149 Å². The molecule has 10 aromatic carbocycles. The van der Waals surface area contributed by atoms with Gasteiger partial charge in [0.05, 0.1) is 57.3 Å². The van der Waals surface area contributed by atoms with Crippen molar-refractivity contribution in [1.82, 2.24) is 21.7 Å². The van der Waals surface area contributed by atoms with Crippen LogP contribution in [-0.2, 0) is 83.5 Å². The maximum Gasteiger partial charge on any atom is 0.339 e. The van der Waals surface area contributed by atoms with Gasteiger partial charge < -0.3 is 96.4 Å². The molecule has 19 N–H and O–H groups in total. The number of amides is 8. The number of carboxylic acids is 6. The van der Waals surface area contributed by atoms with Crippen molar-refractivity contribution in [2.75, 3.05) is 61.7 Å². The average molecular weight is 1950 g/mol. The summed E-state index contributed by atoms with van der Waals surface area (Å²) in [6.45, 7) is 0. The Bertz CT molecular complexity index is 6110. The number of phenols is 5. The fourth-order valence-electron chi connectivity index (χ4n) is 11.7.